The van der Waals surface area contributed by atoms with Crippen LogP contribution < -0.4 is 4.74 Å². The summed E-state index contributed by atoms with van der Waals surface area (Å²) < 4.78 is 9.23. The Kier molecular flexibility index (Phi) is 6.33. The minimum absolute atomic E-state index is 0.199. The predicted molar refractivity (Wildman–Crippen MR) is 84.3 cm³/mol. The summed E-state index contributed by atoms with van der Waals surface area (Å²) in [5, 5.41) is 0. The molecule has 0 saturated heterocycles. The number of hydrogen-bond donors (Lipinski definition) is 0. The Morgan fingerprint density at radius 1 is 1.11 bits per heavy atom. The van der Waals surface area contributed by atoms with Crippen molar-refractivity contribution < 1.29 is 19.1 Å². The SMILES string of the molecule is COC(=O)C(I)c1ccc(OC(=O)C(C)I)cc1. The van der Waals surface area contributed by atoms with Crippen molar-refractivity contribution in [3.63, 3.8) is 0 Å². The van der Waals surface area contributed by atoms with E-state index in [0.717, 1.165) is 5.56 Å². The highest BCUT2D eigenvalue weighted by molar-refractivity contribution is 14.1. The Labute approximate surface area is 133 Å². The predicted octanol–water partition coefficient (Wildman–Crippen LogP) is 3.06. The van der Waals surface area contributed by atoms with Crippen molar-refractivity contribution in [1.82, 2.24) is 0 Å². The van der Waals surface area contributed by atoms with Crippen molar-refractivity contribution in [2.24, 2.45) is 0 Å². The number of hydrogen-bond acceptors (Lipinski definition) is 4. The third kappa shape index (κ3) is 4.38. The number of benzene rings is 1. The van der Waals surface area contributed by atoms with Crippen LogP contribution in [0.2, 0.25) is 0 Å². The Balaban J connectivity index is 2.74. The maximum atomic E-state index is 11.4. The van der Waals surface area contributed by atoms with Gasteiger partial charge in [0.1, 0.15) is 13.6 Å². The maximum absolute atomic E-state index is 11.4. The van der Waals surface area contributed by atoms with Crippen molar-refractivity contribution in [1.29, 1.82) is 0 Å². The summed E-state index contributed by atoms with van der Waals surface area (Å²) in [5.41, 5.74) is 0.810. The number of alkyl halides is 2. The Morgan fingerprint density at radius 3 is 2.11 bits per heavy atom. The van der Waals surface area contributed by atoms with E-state index >= 15 is 0 Å². The molecular formula is C12H12I2O4. The van der Waals surface area contributed by atoms with E-state index in [2.05, 4.69) is 4.74 Å². The van der Waals surface area contributed by atoms with Crippen LogP contribution in [0.25, 0.3) is 0 Å². The zero-order valence-electron chi connectivity index (χ0n) is 9.85. The summed E-state index contributed by atoms with van der Waals surface area (Å²) in [6.07, 6.45) is 0. The molecule has 1 rings (SSSR count). The van der Waals surface area contributed by atoms with Crippen LogP contribution in [0.1, 0.15) is 16.4 Å². The molecule has 1 aromatic carbocycles. The van der Waals surface area contributed by atoms with Gasteiger partial charge in [0, 0.05) is 0 Å². The van der Waals surface area contributed by atoms with Crippen LogP contribution >= 0.6 is 45.2 Å². The van der Waals surface area contributed by atoms with E-state index in [4.69, 9.17) is 4.74 Å². The van der Waals surface area contributed by atoms with Gasteiger partial charge in [0.05, 0.1) is 7.11 Å². The quantitative estimate of drug-likeness (QED) is 0.292. The van der Waals surface area contributed by atoms with E-state index in [1.807, 2.05) is 45.2 Å². The second-order valence-corrected chi connectivity index (χ2v) is 6.61. The largest absolute Gasteiger partial charge is 0.468 e. The maximum Gasteiger partial charge on any atom is 0.323 e. The minimum Gasteiger partial charge on any atom is -0.468 e. The van der Waals surface area contributed by atoms with E-state index in [0.29, 0.717) is 5.75 Å². The van der Waals surface area contributed by atoms with Gasteiger partial charge in [0.2, 0.25) is 0 Å². The highest BCUT2D eigenvalue weighted by Crippen LogP contribution is 2.26. The molecule has 0 heterocycles. The molecular weight excluding hydrogens is 462 g/mol. The van der Waals surface area contributed by atoms with Crippen molar-refractivity contribution in [3.05, 3.63) is 29.8 Å². The normalized spacial score (nSPS) is 13.6. The van der Waals surface area contributed by atoms with Crippen molar-refractivity contribution in [2.75, 3.05) is 7.11 Å². The molecule has 0 aromatic heterocycles. The molecule has 0 bridgehead atoms. The minimum atomic E-state index is -0.360. The molecule has 6 heteroatoms. The van der Waals surface area contributed by atoms with Gasteiger partial charge in [-0.25, -0.2) is 0 Å². The number of carbonyl (C=O) groups is 2. The molecule has 0 fully saturated rings. The van der Waals surface area contributed by atoms with Crippen LogP contribution in [-0.4, -0.2) is 23.0 Å². The van der Waals surface area contributed by atoms with Gasteiger partial charge in [-0.15, -0.1) is 0 Å². The van der Waals surface area contributed by atoms with Crippen molar-refractivity contribution in [3.8, 4) is 5.75 Å². The van der Waals surface area contributed by atoms with E-state index < -0.39 is 0 Å². The number of ether oxygens (including phenoxy) is 2. The van der Waals surface area contributed by atoms with Crippen molar-refractivity contribution in [2.45, 2.75) is 14.8 Å². The average Bonchev–Trinajstić information content (AvgIpc) is 2.37. The molecule has 2 atom stereocenters. The smallest absolute Gasteiger partial charge is 0.323 e. The lowest BCUT2D eigenvalue weighted by atomic mass is 10.1. The Bertz CT molecular complexity index is 428. The van der Waals surface area contributed by atoms with Gasteiger partial charge in [0.15, 0.2) is 0 Å². The first-order valence-corrected chi connectivity index (χ1v) is 7.62. The van der Waals surface area contributed by atoms with Gasteiger partial charge in [-0.1, -0.05) is 57.3 Å². The lowest BCUT2D eigenvalue weighted by molar-refractivity contribution is -0.139. The molecule has 0 amide bonds. The zero-order valence-corrected chi connectivity index (χ0v) is 14.2. The number of carbonyl (C=O) groups excluding carboxylic acids is 2. The summed E-state index contributed by atoms with van der Waals surface area (Å²) in [5.74, 6) is -0.121. The van der Waals surface area contributed by atoms with Gasteiger partial charge in [-0.05, 0) is 24.6 Å². The van der Waals surface area contributed by atoms with Crippen molar-refractivity contribution >= 4 is 57.1 Å². The molecule has 1 aromatic rings. The summed E-state index contributed by atoms with van der Waals surface area (Å²) in [6, 6.07) is 6.82. The van der Waals surface area contributed by atoms with Crippen LogP contribution in [0.3, 0.4) is 0 Å². The van der Waals surface area contributed by atoms with Gasteiger partial charge in [-0.3, -0.25) is 9.59 Å². The first kappa shape index (κ1) is 15.7. The molecule has 4 nitrogen and oxygen atoms in total. The summed E-state index contributed by atoms with van der Waals surface area (Å²) >= 11 is 3.99. The highest BCUT2D eigenvalue weighted by Gasteiger charge is 2.18. The van der Waals surface area contributed by atoms with E-state index in [1.54, 1.807) is 31.2 Å². The molecule has 98 valence electrons. The molecule has 0 saturated carbocycles. The van der Waals surface area contributed by atoms with E-state index in [9.17, 15) is 9.59 Å². The van der Waals surface area contributed by atoms with E-state index in [1.165, 1.54) is 7.11 Å². The molecule has 0 spiro atoms. The molecule has 0 radical (unpaired) electrons. The molecule has 0 aliphatic carbocycles. The standard InChI is InChI=1S/C12H12I2O4/c1-7(13)11(15)18-9-5-3-8(4-6-9)10(14)12(16)17-2/h3-7,10H,1-2H3. The first-order valence-electron chi connectivity index (χ1n) is 5.13. The Hall–Kier alpha value is -0.380. The first-order chi connectivity index (χ1) is 8.45. The lowest BCUT2D eigenvalue weighted by Gasteiger charge is -2.09. The second kappa shape index (κ2) is 7.27. The number of rotatable bonds is 4. The summed E-state index contributed by atoms with van der Waals surface area (Å²) in [4.78, 5) is 22.7. The fraction of sp³-hybridized carbons (Fsp3) is 0.333. The molecule has 0 aliphatic heterocycles. The highest BCUT2D eigenvalue weighted by atomic mass is 127. The van der Waals surface area contributed by atoms with Crippen LogP contribution in [0.15, 0.2) is 24.3 Å². The molecule has 18 heavy (non-hydrogen) atoms. The number of esters is 2. The number of halogens is 2. The third-order valence-corrected chi connectivity index (χ3v) is 3.86. The van der Waals surface area contributed by atoms with Crippen LogP contribution in [0, 0.1) is 0 Å². The summed E-state index contributed by atoms with van der Waals surface area (Å²) in [7, 11) is 1.35. The van der Waals surface area contributed by atoms with E-state index in [-0.39, 0.29) is 19.8 Å². The third-order valence-electron chi connectivity index (χ3n) is 2.12. The molecule has 2 unspecified atom stereocenters. The fourth-order valence-electron chi connectivity index (χ4n) is 1.14. The second-order valence-electron chi connectivity index (χ2n) is 3.49. The van der Waals surface area contributed by atoms with Gasteiger partial charge >= 0.3 is 11.9 Å². The topological polar surface area (TPSA) is 52.6 Å². The van der Waals surface area contributed by atoms with Gasteiger partial charge < -0.3 is 9.47 Å². The summed E-state index contributed by atoms with van der Waals surface area (Å²) in [6.45, 7) is 1.76. The molecule has 0 N–H and O–H groups in total. The lowest BCUT2D eigenvalue weighted by Crippen LogP contribution is -2.17. The van der Waals surface area contributed by atoms with Crippen LogP contribution in [0.5, 0.6) is 5.75 Å². The fourth-order valence-corrected chi connectivity index (χ4v) is 1.94. The Morgan fingerprint density at radius 2 is 1.67 bits per heavy atom. The van der Waals surface area contributed by atoms with Gasteiger partial charge in [-0.2, -0.15) is 0 Å². The molecule has 0 aliphatic rings. The monoisotopic (exact) mass is 474 g/mol. The average molecular weight is 474 g/mol. The number of methoxy groups -OCH3 is 1. The zero-order chi connectivity index (χ0) is 13.7. The van der Waals surface area contributed by atoms with Crippen LogP contribution in [-0.2, 0) is 14.3 Å². The van der Waals surface area contributed by atoms with Gasteiger partial charge in [0.25, 0.3) is 0 Å². The van der Waals surface area contributed by atoms with Crippen LogP contribution in [0.4, 0.5) is 0 Å².